The lowest BCUT2D eigenvalue weighted by Crippen LogP contribution is -2.47. The maximum absolute atomic E-state index is 12.3. The Morgan fingerprint density at radius 1 is 1.20 bits per heavy atom. The van der Waals surface area contributed by atoms with Gasteiger partial charge in [-0.1, -0.05) is 29.3 Å². The molecule has 0 N–H and O–H groups in total. The van der Waals surface area contributed by atoms with Gasteiger partial charge in [-0.05, 0) is 23.8 Å². The zero-order valence-corrected chi connectivity index (χ0v) is 15.5. The smallest absolute Gasteiger partial charge is 0.246 e. The number of piperazine rings is 1. The minimum Gasteiger partial charge on any atom is -0.337 e. The Kier molecular flexibility index (Phi) is 5.78. The predicted octanol–water partition coefficient (Wildman–Crippen LogP) is 3.08. The minimum absolute atomic E-state index is 0.0399. The Morgan fingerprint density at radius 3 is 2.60 bits per heavy atom. The first-order chi connectivity index (χ1) is 12.0. The van der Waals surface area contributed by atoms with E-state index in [-0.39, 0.29) is 5.91 Å². The SMILES string of the molecule is Cn1cc(/C=C/C(=O)N2CCN(Cc3ccc(Cl)c(Cl)c3)CC2)cn1. The molecule has 2 heterocycles. The summed E-state index contributed by atoms with van der Waals surface area (Å²) in [4.78, 5) is 16.5. The van der Waals surface area contributed by atoms with Crippen molar-refractivity contribution in [2.45, 2.75) is 6.54 Å². The Labute approximate surface area is 157 Å². The number of hydrogen-bond acceptors (Lipinski definition) is 3. The average molecular weight is 379 g/mol. The van der Waals surface area contributed by atoms with E-state index >= 15 is 0 Å². The van der Waals surface area contributed by atoms with Crippen molar-refractivity contribution in [1.29, 1.82) is 0 Å². The molecule has 2 aromatic rings. The molecule has 0 saturated carbocycles. The third-order valence-corrected chi connectivity index (χ3v) is 4.96. The van der Waals surface area contributed by atoms with Crippen LogP contribution in [-0.4, -0.2) is 51.7 Å². The highest BCUT2D eigenvalue weighted by Crippen LogP contribution is 2.23. The van der Waals surface area contributed by atoms with Gasteiger partial charge in [-0.25, -0.2) is 0 Å². The van der Waals surface area contributed by atoms with Crippen LogP contribution >= 0.6 is 23.2 Å². The van der Waals surface area contributed by atoms with Crippen LogP contribution in [0, 0.1) is 0 Å². The summed E-state index contributed by atoms with van der Waals surface area (Å²) in [6.07, 6.45) is 7.03. The van der Waals surface area contributed by atoms with E-state index in [4.69, 9.17) is 23.2 Å². The van der Waals surface area contributed by atoms with Gasteiger partial charge in [-0.2, -0.15) is 5.10 Å². The summed E-state index contributed by atoms with van der Waals surface area (Å²) in [5.41, 5.74) is 2.06. The number of aromatic nitrogens is 2. The van der Waals surface area contributed by atoms with Crippen LogP contribution in [0.4, 0.5) is 0 Å². The van der Waals surface area contributed by atoms with E-state index in [0.717, 1.165) is 43.9 Å². The molecule has 7 heteroatoms. The summed E-state index contributed by atoms with van der Waals surface area (Å²) < 4.78 is 1.71. The number of rotatable bonds is 4. The first-order valence-corrected chi connectivity index (χ1v) is 8.89. The molecule has 1 aromatic heterocycles. The third-order valence-electron chi connectivity index (χ3n) is 4.22. The highest BCUT2D eigenvalue weighted by molar-refractivity contribution is 6.42. The molecule has 1 saturated heterocycles. The molecule has 3 rings (SSSR count). The van der Waals surface area contributed by atoms with Gasteiger partial charge in [0.1, 0.15) is 0 Å². The second-order valence-electron chi connectivity index (χ2n) is 6.13. The number of hydrogen-bond donors (Lipinski definition) is 0. The van der Waals surface area contributed by atoms with E-state index in [1.54, 1.807) is 23.0 Å². The van der Waals surface area contributed by atoms with Crippen molar-refractivity contribution in [3.05, 3.63) is 57.8 Å². The summed E-state index contributed by atoms with van der Waals surface area (Å²) in [7, 11) is 1.85. The molecule has 1 fully saturated rings. The number of amides is 1. The van der Waals surface area contributed by atoms with Gasteiger partial charge in [-0.15, -0.1) is 0 Å². The van der Waals surface area contributed by atoms with Crippen LogP contribution in [0.15, 0.2) is 36.7 Å². The number of benzene rings is 1. The highest BCUT2D eigenvalue weighted by Gasteiger charge is 2.19. The van der Waals surface area contributed by atoms with Crippen LogP contribution in [0.1, 0.15) is 11.1 Å². The zero-order chi connectivity index (χ0) is 17.8. The Hall–Kier alpha value is -1.82. The van der Waals surface area contributed by atoms with Gasteiger partial charge in [0.2, 0.25) is 5.91 Å². The molecule has 0 radical (unpaired) electrons. The lowest BCUT2D eigenvalue weighted by Gasteiger charge is -2.34. The number of nitrogens with zero attached hydrogens (tertiary/aromatic N) is 4. The topological polar surface area (TPSA) is 41.4 Å². The fourth-order valence-corrected chi connectivity index (χ4v) is 3.14. The van der Waals surface area contributed by atoms with Crippen molar-refractivity contribution in [2.75, 3.05) is 26.2 Å². The molecule has 0 unspecified atom stereocenters. The van der Waals surface area contributed by atoms with Crippen LogP contribution in [-0.2, 0) is 18.4 Å². The van der Waals surface area contributed by atoms with Crippen molar-refractivity contribution < 1.29 is 4.79 Å². The number of carbonyl (C=O) groups excluding carboxylic acids is 1. The molecular weight excluding hydrogens is 359 g/mol. The number of halogens is 2. The third kappa shape index (κ3) is 4.84. The van der Waals surface area contributed by atoms with Crippen molar-refractivity contribution in [3.63, 3.8) is 0 Å². The Balaban J connectivity index is 1.50. The fraction of sp³-hybridized carbons (Fsp3) is 0.333. The number of carbonyl (C=O) groups is 1. The van der Waals surface area contributed by atoms with E-state index in [2.05, 4.69) is 10.00 Å². The molecular formula is C18H20Cl2N4O. The second-order valence-corrected chi connectivity index (χ2v) is 6.94. The van der Waals surface area contributed by atoms with Gasteiger partial charge in [0.15, 0.2) is 0 Å². The quantitative estimate of drug-likeness (QED) is 0.767. The Morgan fingerprint density at radius 2 is 1.96 bits per heavy atom. The normalized spacial score (nSPS) is 15.9. The molecule has 5 nitrogen and oxygen atoms in total. The molecule has 1 aliphatic heterocycles. The summed E-state index contributed by atoms with van der Waals surface area (Å²) >= 11 is 12.0. The maximum atomic E-state index is 12.3. The molecule has 1 aliphatic rings. The monoisotopic (exact) mass is 378 g/mol. The highest BCUT2D eigenvalue weighted by atomic mass is 35.5. The standard InChI is InChI=1S/C18H20Cl2N4O/c1-22-12-15(11-21-22)3-5-18(25)24-8-6-23(7-9-24)13-14-2-4-16(19)17(20)10-14/h2-5,10-12H,6-9,13H2,1H3/b5-3+. The van der Waals surface area contributed by atoms with Gasteiger partial charge in [0.05, 0.1) is 16.2 Å². The molecule has 1 aromatic carbocycles. The second kappa shape index (κ2) is 8.04. The predicted molar refractivity (Wildman–Crippen MR) is 101 cm³/mol. The minimum atomic E-state index is 0.0399. The first kappa shape index (κ1) is 18.0. The molecule has 25 heavy (non-hydrogen) atoms. The summed E-state index contributed by atoms with van der Waals surface area (Å²) in [5.74, 6) is 0.0399. The van der Waals surface area contributed by atoms with Crippen LogP contribution < -0.4 is 0 Å². The lowest BCUT2D eigenvalue weighted by molar-refractivity contribution is -0.127. The summed E-state index contributed by atoms with van der Waals surface area (Å²) in [6, 6.07) is 5.71. The van der Waals surface area contributed by atoms with Crippen LogP contribution in [0.25, 0.3) is 6.08 Å². The number of aryl methyl sites for hydroxylation is 1. The first-order valence-electron chi connectivity index (χ1n) is 8.13. The molecule has 0 aliphatic carbocycles. The molecule has 0 bridgehead atoms. The fourth-order valence-electron chi connectivity index (χ4n) is 2.82. The van der Waals surface area contributed by atoms with E-state index in [1.807, 2.05) is 36.3 Å². The van der Waals surface area contributed by atoms with Crippen molar-refractivity contribution >= 4 is 35.2 Å². The summed E-state index contributed by atoms with van der Waals surface area (Å²) in [5, 5.41) is 5.23. The zero-order valence-electron chi connectivity index (χ0n) is 14.0. The van der Waals surface area contributed by atoms with Crippen molar-refractivity contribution in [3.8, 4) is 0 Å². The van der Waals surface area contributed by atoms with Gasteiger partial charge >= 0.3 is 0 Å². The van der Waals surface area contributed by atoms with Crippen molar-refractivity contribution in [1.82, 2.24) is 19.6 Å². The van der Waals surface area contributed by atoms with Gasteiger partial charge in [0, 0.05) is 57.6 Å². The Bertz CT molecular complexity index is 779. The van der Waals surface area contributed by atoms with E-state index in [0.29, 0.717) is 10.0 Å². The van der Waals surface area contributed by atoms with E-state index < -0.39 is 0 Å². The van der Waals surface area contributed by atoms with Crippen LogP contribution in [0.2, 0.25) is 10.0 Å². The molecule has 0 spiro atoms. The maximum Gasteiger partial charge on any atom is 0.246 e. The van der Waals surface area contributed by atoms with Gasteiger partial charge in [0.25, 0.3) is 0 Å². The van der Waals surface area contributed by atoms with Crippen molar-refractivity contribution in [2.24, 2.45) is 7.05 Å². The van der Waals surface area contributed by atoms with Gasteiger partial charge < -0.3 is 4.90 Å². The molecule has 132 valence electrons. The van der Waals surface area contributed by atoms with Crippen LogP contribution in [0.3, 0.4) is 0 Å². The van der Waals surface area contributed by atoms with E-state index in [1.165, 1.54) is 0 Å². The van der Waals surface area contributed by atoms with Gasteiger partial charge in [-0.3, -0.25) is 14.4 Å². The molecule has 1 amide bonds. The van der Waals surface area contributed by atoms with Crippen LogP contribution in [0.5, 0.6) is 0 Å². The largest absolute Gasteiger partial charge is 0.337 e. The molecule has 0 atom stereocenters. The average Bonchev–Trinajstić information content (AvgIpc) is 3.02. The summed E-state index contributed by atoms with van der Waals surface area (Å²) in [6.45, 7) is 3.93. The van der Waals surface area contributed by atoms with E-state index in [9.17, 15) is 4.79 Å². The lowest BCUT2D eigenvalue weighted by atomic mass is 10.2.